The number of aliphatic hydroxyl groups excluding tert-OH is 2. The summed E-state index contributed by atoms with van der Waals surface area (Å²) in [6, 6.07) is 8.39. The van der Waals surface area contributed by atoms with Crippen LogP contribution in [0, 0.1) is 5.41 Å². The number of aryl methyl sites for hydroxylation is 1. The minimum absolute atomic E-state index is 0.0816. The maximum Gasteiger partial charge on any atom is 0.0509 e. The van der Waals surface area contributed by atoms with Crippen molar-refractivity contribution in [1.29, 1.82) is 0 Å². The van der Waals surface area contributed by atoms with Gasteiger partial charge in [-0.25, -0.2) is 0 Å². The highest BCUT2D eigenvalue weighted by Gasteiger charge is 2.25. The van der Waals surface area contributed by atoms with Crippen LogP contribution >= 0.6 is 15.9 Å². The van der Waals surface area contributed by atoms with Gasteiger partial charge in [-0.2, -0.15) is 0 Å². The molecule has 0 aliphatic rings. The lowest BCUT2D eigenvalue weighted by Crippen LogP contribution is -2.28. The van der Waals surface area contributed by atoms with Gasteiger partial charge in [-0.1, -0.05) is 41.4 Å². The van der Waals surface area contributed by atoms with Gasteiger partial charge in [-0.3, -0.25) is 0 Å². The first-order valence-electron chi connectivity index (χ1n) is 6.62. The molecule has 0 unspecified atom stereocenters. The van der Waals surface area contributed by atoms with Gasteiger partial charge in [-0.05, 0) is 43.4 Å². The van der Waals surface area contributed by atoms with Crippen LogP contribution < -0.4 is 0 Å². The van der Waals surface area contributed by atoms with E-state index < -0.39 is 0 Å². The lowest BCUT2D eigenvalue weighted by atomic mass is 9.81. The van der Waals surface area contributed by atoms with Crippen LogP contribution in [0.1, 0.15) is 38.2 Å². The quantitative estimate of drug-likeness (QED) is 0.720. The molecule has 2 N–H and O–H groups in total. The molecule has 0 saturated heterocycles. The molecule has 102 valence electrons. The largest absolute Gasteiger partial charge is 0.396 e. The molecule has 0 spiro atoms. The fourth-order valence-corrected chi connectivity index (χ4v) is 2.35. The second kappa shape index (κ2) is 7.93. The van der Waals surface area contributed by atoms with Gasteiger partial charge in [0, 0.05) is 9.89 Å². The third kappa shape index (κ3) is 4.71. The Labute approximate surface area is 118 Å². The van der Waals surface area contributed by atoms with E-state index in [1.807, 2.05) is 6.92 Å². The van der Waals surface area contributed by atoms with Crippen LogP contribution in [0.25, 0.3) is 0 Å². The van der Waals surface area contributed by atoms with Gasteiger partial charge in [0.2, 0.25) is 0 Å². The van der Waals surface area contributed by atoms with Crippen LogP contribution in [0.5, 0.6) is 0 Å². The summed E-state index contributed by atoms with van der Waals surface area (Å²) >= 11 is 3.43. The summed E-state index contributed by atoms with van der Waals surface area (Å²) in [5.74, 6) is 0. The smallest absolute Gasteiger partial charge is 0.0509 e. The molecule has 0 fully saturated rings. The Balaban J connectivity index is 2.31. The molecule has 0 amide bonds. The highest BCUT2D eigenvalue weighted by Crippen LogP contribution is 2.27. The van der Waals surface area contributed by atoms with E-state index in [1.54, 1.807) is 0 Å². The number of aliphatic hydroxyl groups is 2. The molecule has 0 aliphatic carbocycles. The Bertz CT molecular complexity index is 323. The van der Waals surface area contributed by atoms with Crippen molar-refractivity contribution in [3.8, 4) is 0 Å². The molecule has 1 aromatic carbocycles. The van der Waals surface area contributed by atoms with E-state index in [2.05, 4.69) is 40.2 Å². The summed E-state index contributed by atoms with van der Waals surface area (Å²) in [5.41, 5.74) is 1.06. The van der Waals surface area contributed by atoms with Gasteiger partial charge in [0.25, 0.3) is 0 Å². The number of hydrogen-bond donors (Lipinski definition) is 2. The minimum atomic E-state index is -0.278. The summed E-state index contributed by atoms with van der Waals surface area (Å²) in [4.78, 5) is 0. The summed E-state index contributed by atoms with van der Waals surface area (Å²) in [6.07, 6.45) is 4.93. The highest BCUT2D eigenvalue weighted by molar-refractivity contribution is 9.10. The Morgan fingerprint density at radius 1 is 1.06 bits per heavy atom. The second-order valence-corrected chi connectivity index (χ2v) is 5.92. The number of benzene rings is 1. The van der Waals surface area contributed by atoms with Crippen molar-refractivity contribution in [1.82, 2.24) is 0 Å². The fourth-order valence-electron chi connectivity index (χ4n) is 2.09. The van der Waals surface area contributed by atoms with E-state index in [9.17, 15) is 10.2 Å². The Hall–Kier alpha value is -0.380. The summed E-state index contributed by atoms with van der Waals surface area (Å²) in [6.45, 7) is 2.19. The van der Waals surface area contributed by atoms with E-state index in [0.29, 0.717) is 0 Å². The molecule has 0 heterocycles. The van der Waals surface area contributed by atoms with E-state index in [4.69, 9.17) is 0 Å². The topological polar surface area (TPSA) is 40.5 Å². The molecule has 0 aromatic heterocycles. The van der Waals surface area contributed by atoms with Gasteiger partial charge >= 0.3 is 0 Å². The lowest BCUT2D eigenvalue weighted by Gasteiger charge is -2.28. The molecular weight excluding hydrogens is 292 g/mol. The van der Waals surface area contributed by atoms with Crippen LogP contribution in [-0.4, -0.2) is 23.4 Å². The average Bonchev–Trinajstić information content (AvgIpc) is 2.42. The normalized spacial score (nSPS) is 11.8. The van der Waals surface area contributed by atoms with Gasteiger partial charge in [0.1, 0.15) is 0 Å². The minimum Gasteiger partial charge on any atom is -0.396 e. The van der Waals surface area contributed by atoms with E-state index >= 15 is 0 Å². The summed E-state index contributed by atoms with van der Waals surface area (Å²) < 4.78 is 1.11. The molecule has 0 saturated carbocycles. The summed E-state index contributed by atoms with van der Waals surface area (Å²) in [7, 11) is 0. The number of rotatable bonds is 8. The van der Waals surface area contributed by atoms with E-state index in [1.165, 1.54) is 5.56 Å². The Kier molecular flexibility index (Phi) is 6.90. The average molecular weight is 315 g/mol. The van der Waals surface area contributed by atoms with Crippen LogP contribution in [0.4, 0.5) is 0 Å². The van der Waals surface area contributed by atoms with Crippen molar-refractivity contribution >= 4 is 15.9 Å². The van der Waals surface area contributed by atoms with Crippen molar-refractivity contribution in [2.24, 2.45) is 5.41 Å². The van der Waals surface area contributed by atoms with E-state index in [-0.39, 0.29) is 18.6 Å². The van der Waals surface area contributed by atoms with Gasteiger partial charge in [0.05, 0.1) is 13.2 Å². The van der Waals surface area contributed by atoms with Gasteiger partial charge < -0.3 is 10.2 Å². The maximum absolute atomic E-state index is 9.36. The molecule has 0 radical (unpaired) electrons. The number of halogens is 1. The molecule has 2 nitrogen and oxygen atoms in total. The zero-order chi connectivity index (χ0) is 13.4. The van der Waals surface area contributed by atoms with Crippen LogP contribution in [0.3, 0.4) is 0 Å². The van der Waals surface area contributed by atoms with Crippen LogP contribution in [-0.2, 0) is 6.42 Å². The van der Waals surface area contributed by atoms with Gasteiger partial charge in [-0.15, -0.1) is 0 Å². The fraction of sp³-hybridized carbons (Fsp3) is 0.600. The zero-order valence-corrected chi connectivity index (χ0v) is 12.6. The molecule has 1 rings (SSSR count). The molecule has 18 heavy (non-hydrogen) atoms. The predicted octanol–water partition coefficient (Wildman–Crippen LogP) is 3.54. The first-order chi connectivity index (χ1) is 8.65. The van der Waals surface area contributed by atoms with Gasteiger partial charge in [0.15, 0.2) is 0 Å². The monoisotopic (exact) mass is 314 g/mol. The van der Waals surface area contributed by atoms with Crippen LogP contribution in [0.15, 0.2) is 28.7 Å². The first-order valence-corrected chi connectivity index (χ1v) is 7.41. The zero-order valence-electron chi connectivity index (χ0n) is 11.0. The first kappa shape index (κ1) is 15.7. The van der Waals surface area contributed by atoms with Crippen molar-refractivity contribution in [2.45, 2.75) is 39.0 Å². The summed E-state index contributed by atoms with van der Waals surface area (Å²) in [5, 5.41) is 18.7. The van der Waals surface area contributed by atoms with E-state index in [0.717, 1.165) is 36.6 Å². The predicted molar refractivity (Wildman–Crippen MR) is 78.6 cm³/mol. The molecule has 0 bridgehead atoms. The third-order valence-electron chi connectivity index (χ3n) is 3.76. The Morgan fingerprint density at radius 3 is 2.17 bits per heavy atom. The van der Waals surface area contributed by atoms with Crippen molar-refractivity contribution < 1.29 is 10.2 Å². The van der Waals surface area contributed by atoms with Crippen molar-refractivity contribution in [3.63, 3.8) is 0 Å². The van der Waals surface area contributed by atoms with Crippen LogP contribution in [0.2, 0.25) is 0 Å². The second-order valence-electron chi connectivity index (χ2n) is 5.00. The SMILES string of the molecule is CCC(CO)(CO)CCCCc1ccc(Br)cc1. The van der Waals surface area contributed by atoms with Crippen molar-refractivity contribution in [3.05, 3.63) is 34.3 Å². The number of hydrogen-bond acceptors (Lipinski definition) is 2. The molecule has 1 aromatic rings. The molecule has 3 heteroatoms. The van der Waals surface area contributed by atoms with Crippen molar-refractivity contribution in [2.75, 3.05) is 13.2 Å². The Morgan fingerprint density at radius 2 is 1.67 bits per heavy atom. The third-order valence-corrected chi connectivity index (χ3v) is 4.29. The molecule has 0 atom stereocenters. The molecular formula is C15H23BrO2. The lowest BCUT2D eigenvalue weighted by molar-refractivity contribution is 0.0418. The molecule has 0 aliphatic heterocycles. The maximum atomic E-state index is 9.36. The highest BCUT2D eigenvalue weighted by atomic mass is 79.9. The number of unbranched alkanes of at least 4 members (excludes halogenated alkanes) is 1. The standard InChI is InChI=1S/C15H23BrO2/c1-2-15(11-17,12-18)10-4-3-5-13-6-8-14(16)9-7-13/h6-9,17-18H,2-5,10-12H2,1H3.